The molecule has 0 saturated carbocycles. The highest BCUT2D eigenvalue weighted by Gasteiger charge is 2.21. The van der Waals surface area contributed by atoms with Crippen molar-refractivity contribution in [3.63, 3.8) is 0 Å². The Morgan fingerprint density at radius 1 is 1.44 bits per heavy atom. The molecule has 1 aliphatic heterocycles. The Morgan fingerprint density at radius 3 is 2.94 bits per heavy atom. The predicted octanol–water partition coefficient (Wildman–Crippen LogP) is 1.94. The lowest BCUT2D eigenvalue weighted by Gasteiger charge is -2.29. The summed E-state index contributed by atoms with van der Waals surface area (Å²) in [5.41, 5.74) is 0. The van der Waals surface area contributed by atoms with Gasteiger partial charge < -0.3 is 9.47 Å². The smallest absolute Gasteiger partial charge is 0.161 e. The second-order valence-electron chi connectivity index (χ2n) is 4.01. The van der Waals surface area contributed by atoms with Gasteiger partial charge in [0.1, 0.15) is 12.7 Å². The summed E-state index contributed by atoms with van der Waals surface area (Å²) < 4.78 is 11.5. The number of hydrogen-bond acceptors (Lipinski definition) is 3. The summed E-state index contributed by atoms with van der Waals surface area (Å²) in [7, 11) is 2.05. The molecule has 0 unspecified atom stereocenters. The number of likely N-dealkylation sites (N-methyl/N-ethyl adjacent to an activating group) is 1. The lowest BCUT2D eigenvalue weighted by Crippen LogP contribution is -2.39. The van der Waals surface area contributed by atoms with Crippen LogP contribution in [0.5, 0.6) is 11.5 Å². The van der Waals surface area contributed by atoms with E-state index in [-0.39, 0.29) is 6.10 Å². The Hall–Kier alpha value is -1.48. The molecular formula is C13H17NO2. The zero-order valence-corrected chi connectivity index (χ0v) is 9.56. The maximum Gasteiger partial charge on any atom is 0.161 e. The fraction of sp³-hybridized carbons (Fsp3) is 0.385. The van der Waals surface area contributed by atoms with E-state index in [4.69, 9.17) is 9.47 Å². The van der Waals surface area contributed by atoms with Gasteiger partial charge in [-0.1, -0.05) is 18.2 Å². The van der Waals surface area contributed by atoms with Gasteiger partial charge in [0.05, 0.1) is 0 Å². The number of benzene rings is 1. The van der Waals surface area contributed by atoms with E-state index in [1.165, 1.54) is 0 Å². The van der Waals surface area contributed by atoms with Crippen LogP contribution in [-0.4, -0.2) is 37.7 Å². The van der Waals surface area contributed by atoms with Gasteiger partial charge in [0.2, 0.25) is 0 Å². The molecule has 0 amide bonds. The highest BCUT2D eigenvalue weighted by molar-refractivity contribution is 5.40. The zero-order valence-electron chi connectivity index (χ0n) is 9.56. The normalized spacial score (nSPS) is 18.5. The van der Waals surface area contributed by atoms with Crippen molar-refractivity contribution < 1.29 is 9.47 Å². The minimum Gasteiger partial charge on any atom is -0.486 e. The van der Waals surface area contributed by atoms with Crippen molar-refractivity contribution in [1.82, 2.24) is 4.90 Å². The SMILES string of the molecule is C=CCN(C)C[C@@H]1COc2ccccc2O1. The molecule has 0 radical (unpaired) electrons. The molecular weight excluding hydrogens is 202 g/mol. The van der Waals surface area contributed by atoms with Gasteiger partial charge in [-0.05, 0) is 19.2 Å². The molecule has 1 aliphatic rings. The molecule has 16 heavy (non-hydrogen) atoms. The van der Waals surface area contributed by atoms with E-state index in [0.717, 1.165) is 24.6 Å². The number of nitrogens with zero attached hydrogens (tertiary/aromatic N) is 1. The second-order valence-corrected chi connectivity index (χ2v) is 4.01. The van der Waals surface area contributed by atoms with Crippen LogP contribution in [-0.2, 0) is 0 Å². The zero-order chi connectivity index (χ0) is 11.4. The summed E-state index contributed by atoms with van der Waals surface area (Å²) in [5.74, 6) is 1.68. The average molecular weight is 219 g/mol. The van der Waals surface area contributed by atoms with Crippen LogP contribution in [0.4, 0.5) is 0 Å². The molecule has 3 nitrogen and oxygen atoms in total. The Balaban J connectivity index is 1.95. The molecule has 1 atom stereocenters. The Labute approximate surface area is 96.3 Å². The summed E-state index contributed by atoms with van der Waals surface area (Å²) in [6.45, 7) is 6.04. The van der Waals surface area contributed by atoms with Crippen molar-refractivity contribution in [2.24, 2.45) is 0 Å². The molecule has 0 aromatic heterocycles. The number of fused-ring (bicyclic) bond motifs is 1. The van der Waals surface area contributed by atoms with Crippen LogP contribution >= 0.6 is 0 Å². The van der Waals surface area contributed by atoms with Crippen LogP contribution in [0, 0.1) is 0 Å². The van der Waals surface area contributed by atoms with Crippen LogP contribution in [0.1, 0.15) is 0 Å². The number of rotatable bonds is 4. The monoisotopic (exact) mass is 219 g/mol. The van der Waals surface area contributed by atoms with E-state index in [0.29, 0.717) is 6.61 Å². The number of hydrogen-bond donors (Lipinski definition) is 0. The van der Waals surface area contributed by atoms with Crippen LogP contribution in [0.3, 0.4) is 0 Å². The molecule has 0 saturated heterocycles. The molecule has 2 rings (SSSR count). The molecule has 86 valence electrons. The summed E-state index contributed by atoms with van der Waals surface area (Å²) in [6, 6.07) is 7.78. The van der Waals surface area contributed by atoms with Crippen molar-refractivity contribution >= 4 is 0 Å². The first-order valence-corrected chi connectivity index (χ1v) is 5.47. The molecule has 0 bridgehead atoms. The van der Waals surface area contributed by atoms with E-state index in [1.807, 2.05) is 37.4 Å². The van der Waals surface area contributed by atoms with Gasteiger partial charge in [0, 0.05) is 13.1 Å². The highest BCUT2D eigenvalue weighted by Crippen LogP contribution is 2.30. The van der Waals surface area contributed by atoms with Crippen molar-refractivity contribution in [2.45, 2.75) is 6.10 Å². The van der Waals surface area contributed by atoms with Crippen LogP contribution in [0.15, 0.2) is 36.9 Å². The number of ether oxygens (including phenoxy) is 2. The topological polar surface area (TPSA) is 21.7 Å². The maximum absolute atomic E-state index is 5.85. The second kappa shape index (κ2) is 5.03. The van der Waals surface area contributed by atoms with Gasteiger partial charge in [-0.2, -0.15) is 0 Å². The van der Waals surface area contributed by atoms with Crippen LogP contribution in [0.2, 0.25) is 0 Å². The van der Waals surface area contributed by atoms with Crippen molar-refractivity contribution in [3.05, 3.63) is 36.9 Å². The number of para-hydroxylation sites is 2. The third kappa shape index (κ3) is 2.55. The van der Waals surface area contributed by atoms with Crippen LogP contribution < -0.4 is 9.47 Å². The lowest BCUT2D eigenvalue weighted by molar-refractivity contribution is 0.0681. The molecule has 0 spiro atoms. The van der Waals surface area contributed by atoms with Gasteiger partial charge in [0.15, 0.2) is 11.5 Å². The highest BCUT2D eigenvalue weighted by atomic mass is 16.6. The first kappa shape index (κ1) is 11.0. The molecule has 0 fully saturated rings. The standard InChI is InChI=1S/C13H17NO2/c1-3-8-14(2)9-11-10-15-12-6-4-5-7-13(12)16-11/h3-7,11H,1,8-10H2,2H3/t11-/m1/s1. The van der Waals surface area contributed by atoms with Gasteiger partial charge in [-0.3, -0.25) is 4.90 Å². The molecule has 1 aromatic rings. The third-order valence-corrected chi connectivity index (χ3v) is 2.52. The average Bonchev–Trinajstić information content (AvgIpc) is 2.29. The van der Waals surface area contributed by atoms with Crippen molar-refractivity contribution in [1.29, 1.82) is 0 Å². The summed E-state index contributed by atoms with van der Waals surface area (Å²) in [6.07, 6.45) is 1.98. The minimum atomic E-state index is 0.0971. The maximum atomic E-state index is 5.85. The van der Waals surface area contributed by atoms with E-state index >= 15 is 0 Å². The summed E-state index contributed by atoms with van der Waals surface area (Å²) >= 11 is 0. The quantitative estimate of drug-likeness (QED) is 0.722. The minimum absolute atomic E-state index is 0.0971. The van der Waals surface area contributed by atoms with E-state index in [9.17, 15) is 0 Å². The first-order chi connectivity index (χ1) is 7.79. The molecule has 0 N–H and O–H groups in total. The fourth-order valence-electron chi connectivity index (χ4n) is 1.80. The van der Waals surface area contributed by atoms with Gasteiger partial charge in [0.25, 0.3) is 0 Å². The first-order valence-electron chi connectivity index (χ1n) is 5.47. The van der Waals surface area contributed by atoms with Gasteiger partial charge in [-0.15, -0.1) is 6.58 Å². The Morgan fingerprint density at radius 2 is 2.19 bits per heavy atom. The molecule has 1 aromatic carbocycles. The summed E-state index contributed by atoms with van der Waals surface area (Å²) in [4.78, 5) is 2.16. The van der Waals surface area contributed by atoms with E-state index in [2.05, 4.69) is 11.5 Å². The molecule has 0 aliphatic carbocycles. The van der Waals surface area contributed by atoms with Gasteiger partial charge >= 0.3 is 0 Å². The Kier molecular flexibility index (Phi) is 3.47. The lowest BCUT2D eigenvalue weighted by atomic mass is 10.2. The van der Waals surface area contributed by atoms with E-state index in [1.54, 1.807) is 0 Å². The predicted molar refractivity (Wildman–Crippen MR) is 64.0 cm³/mol. The van der Waals surface area contributed by atoms with Gasteiger partial charge in [-0.25, -0.2) is 0 Å². The third-order valence-electron chi connectivity index (χ3n) is 2.52. The molecule has 3 heteroatoms. The van der Waals surface area contributed by atoms with E-state index < -0.39 is 0 Å². The Bertz CT molecular complexity index is 365. The molecule has 1 heterocycles. The fourth-order valence-corrected chi connectivity index (χ4v) is 1.80. The largest absolute Gasteiger partial charge is 0.486 e. The van der Waals surface area contributed by atoms with Crippen LogP contribution in [0.25, 0.3) is 0 Å². The summed E-state index contributed by atoms with van der Waals surface area (Å²) in [5, 5.41) is 0. The van der Waals surface area contributed by atoms with Crippen molar-refractivity contribution in [3.8, 4) is 11.5 Å². The van der Waals surface area contributed by atoms with Crippen molar-refractivity contribution in [2.75, 3.05) is 26.7 Å².